The molecule has 4 aromatic rings. The predicted molar refractivity (Wildman–Crippen MR) is 120 cm³/mol. The van der Waals surface area contributed by atoms with E-state index >= 15 is 0 Å². The van der Waals surface area contributed by atoms with Gasteiger partial charge >= 0.3 is 5.63 Å². The lowest BCUT2D eigenvalue weighted by Crippen LogP contribution is -2.29. The van der Waals surface area contributed by atoms with Gasteiger partial charge in [-0.1, -0.05) is 18.2 Å². The van der Waals surface area contributed by atoms with Crippen LogP contribution in [0.1, 0.15) is 40.9 Å². The number of hydrogen-bond acceptors (Lipinski definition) is 4. The molecule has 0 unspecified atom stereocenters. The zero-order valence-corrected chi connectivity index (χ0v) is 17.9. The third kappa shape index (κ3) is 3.70. The van der Waals surface area contributed by atoms with Gasteiger partial charge < -0.3 is 14.2 Å². The summed E-state index contributed by atoms with van der Waals surface area (Å²) in [5, 5.41) is 4.65. The van der Waals surface area contributed by atoms with E-state index < -0.39 is 5.63 Å². The molecule has 1 aliphatic rings. The molecule has 5 nitrogen and oxygen atoms in total. The fourth-order valence-electron chi connectivity index (χ4n) is 4.61. The number of fused-ring (bicyclic) bond motifs is 4. The zero-order chi connectivity index (χ0) is 22.2. The first-order valence-corrected chi connectivity index (χ1v) is 11.0. The Morgan fingerprint density at radius 1 is 1.06 bits per heavy atom. The van der Waals surface area contributed by atoms with E-state index in [1.165, 1.54) is 11.6 Å². The Morgan fingerprint density at radius 2 is 1.84 bits per heavy atom. The normalized spacial score (nSPS) is 13.4. The molecule has 0 spiro atoms. The molecule has 1 amide bonds. The van der Waals surface area contributed by atoms with E-state index in [9.17, 15) is 14.0 Å². The summed E-state index contributed by atoms with van der Waals surface area (Å²) in [7, 11) is 0. The SMILES string of the molecule is Cc1c(CC(=O)NCCc2ccccc2F)c(=O)oc2cc3oc4c(c3cc12)CCCC4. The molecule has 1 N–H and O–H groups in total. The van der Waals surface area contributed by atoms with Gasteiger partial charge in [0, 0.05) is 35.4 Å². The Morgan fingerprint density at radius 3 is 2.69 bits per heavy atom. The van der Waals surface area contributed by atoms with E-state index in [0.29, 0.717) is 29.7 Å². The molecule has 1 aliphatic carbocycles. The van der Waals surface area contributed by atoms with Crippen molar-refractivity contribution < 1.29 is 18.0 Å². The highest BCUT2D eigenvalue weighted by molar-refractivity contribution is 5.97. The maximum Gasteiger partial charge on any atom is 0.340 e. The Balaban J connectivity index is 1.39. The first-order chi connectivity index (χ1) is 15.5. The maximum absolute atomic E-state index is 13.7. The van der Waals surface area contributed by atoms with E-state index in [1.807, 2.05) is 13.0 Å². The number of amides is 1. The minimum atomic E-state index is -0.519. The van der Waals surface area contributed by atoms with E-state index in [2.05, 4.69) is 5.32 Å². The van der Waals surface area contributed by atoms with Crippen LogP contribution in [0.3, 0.4) is 0 Å². The van der Waals surface area contributed by atoms with Crippen LogP contribution in [0.2, 0.25) is 0 Å². The van der Waals surface area contributed by atoms with Crippen molar-refractivity contribution in [1.82, 2.24) is 5.32 Å². The largest absolute Gasteiger partial charge is 0.461 e. The van der Waals surface area contributed by atoms with Crippen LogP contribution >= 0.6 is 0 Å². The molecule has 6 heteroatoms. The zero-order valence-electron chi connectivity index (χ0n) is 17.9. The van der Waals surface area contributed by atoms with Gasteiger partial charge in [-0.05, 0) is 55.9 Å². The molecule has 164 valence electrons. The highest BCUT2D eigenvalue weighted by Gasteiger charge is 2.21. The predicted octanol–water partition coefficient (Wildman–Crippen LogP) is 4.77. The molecule has 0 saturated heterocycles. The molecule has 2 heterocycles. The number of aryl methyl sites for hydroxylation is 3. The van der Waals surface area contributed by atoms with Gasteiger partial charge in [0.15, 0.2) is 0 Å². The van der Waals surface area contributed by atoms with Gasteiger partial charge in [-0.15, -0.1) is 0 Å². The van der Waals surface area contributed by atoms with Gasteiger partial charge in [0.1, 0.15) is 22.7 Å². The number of hydrogen-bond donors (Lipinski definition) is 1. The van der Waals surface area contributed by atoms with E-state index in [-0.39, 0.29) is 18.1 Å². The first kappa shape index (κ1) is 20.5. The monoisotopic (exact) mass is 433 g/mol. The average molecular weight is 433 g/mol. The van der Waals surface area contributed by atoms with Crippen molar-refractivity contribution in [2.75, 3.05) is 6.54 Å². The molecule has 0 bridgehead atoms. The second kappa shape index (κ2) is 8.26. The lowest BCUT2D eigenvalue weighted by molar-refractivity contribution is -0.120. The van der Waals surface area contributed by atoms with Crippen molar-refractivity contribution in [1.29, 1.82) is 0 Å². The van der Waals surface area contributed by atoms with E-state index in [0.717, 1.165) is 53.4 Å². The highest BCUT2D eigenvalue weighted by Crippen LogP contribution is 2.35. The standard InChI is InChI=1S/C26H24FNO4/c1-15-18-12-20-17-7-3-5-9-22(17)31-24(20)14-23(18)32-26(30)19(15)13-25(29)28-11-10-16-6-2-4-8-21(16)27/h2,4,6,8,12,14H,3,5,7,9-11,13H2,1H3,(H,28,29). The maximum atomic E-state index is 13.7. The average Bonchev–Trinajstić information content (AvgIpc) is 3.14. The molecule has 2 aromatic carbocycles. The van der Waals surface area contributed by atoms with Crippen molar-refractivity contribution in [3.63, 3.8) is 0 Å². The molecule has 0 saturated carbocycles. The number of furan rings is 1. The summed E-state index contributed by atoms with van der Waals surface area (Å²) in [6.45, 7) is 2.14. The molecular formula is C26H24FNO4. The molecule has 5 rings (SSSR count). The minimum absolute atomic E-state index is 0.0804. The summed E-state index contributed by atoms with van der Waals surface area (Å²) >= 11 is 0. The smallest absolute Gasteiger partial charge is 0.340 e. The number of halogens is 1. The van der Waals surface area contributed by atoms with Crippen molar-refractivity contribution in [2.45, 2.75) is 45.4 Å². The summed E-state index contributed by atoms with van der Waals surface area (Å²) in [6, 6.07) is 10.3. The van der Waals surface area contributed by atoms with Gasteiger partial charge in [-0.2, -0.15) is 0 Å². The summed E-state index contributed by atoms with van der Waals surface area (Å²) in [5.74, 6) is 0.439. The lowest BCUT2D eigenvalue weighted by atomic mass is 9.94. The van der Waals surface area contributed by atoms with Crippen molar-refractivity contribution in [2.24, 2.45) is 0 Å². The Hall–Kier alpha value is -3.41. The summed E-state index contributed by atoms with van der Waals surface area (Å²) in [6.07, 6.45) is 4.48. The third-order valence-corrected chi connectivity index (χ3v) is 6.37. The molecular weight excluding hydrogens is 409 g/mol. The van der Waals surface area contributed by atoms with Crippen LogP contribution in [0.15, 0.2) is 50.0 Å². The van der Waals surface area contributed by atoms with Crippen LogP contribution in [0.4, 0.5) is 4.39 Å². The summed E-state index contributed by atoms with van der Waals surface area (Å²) in [4.78, 5) is 25.1. The van der Waals surface area contributed by atoms with Gasteiger partial charge in [0.25, 0.3) is 0 Å². The van der Waals surface area contributed by atoms with Gasteiger partial charge in [-0.3, -0.25) is 4.79 Å². The van der Waals surface area contributed by atoms with Crippen LogP contribution in [0, 0.1) is 12.7 Å². The second-order valence-corrected chi connectivity index (χ2v) is 8.42. The van der Waals surface area contributed by atoms with Crippen molar-refractivity contribution in [3.05, 3.63) is 80.6 Å². The lowest BCUT2D eigenvalue weighted by Gasteiger charge is -2.10. The molecule has 0 aliphatic heterocycles. The summed E-state index contributed by atoms with van der Waals surface area (Å²) < 4.78 is 25.3. The number of nitrogens with one attached hydrogen (secondary N) is 1. The number of carbonyl (C=O) groups is 1. The van der Waals surface area contributed by atoms with Crippen molar-refractivity contribution in [3.8, 4) is 0 Å². The van der Waals surface area contributed by atoms with Gasteiger partial charge in [0.05, 0.1) is 12.0 Å². The van der Waals surface area contributed by atoms with E-state index in [4.69, 9.17) is 8.83 Å². The van der Waals surface area contributed by atoms with Crippen LogP contribution < -0.4 is 10.9 Å². The quantitative estimate of drug-likeness (QED) is 0.461. The van der Waals surface area contributed by atoms with Gasteiger partial charge in [-0.25, -0.2) is 9.18 Å². The molecule has 32 heavy (non-hydrogen) atoms. The fraction of sp³-hybridized carbons (Fsp3) is 0.308. The third-order valence-electron chi connectivity index (χ3n) is 6.37. The van der Waals surface area contributed by atoms with E-state index in [1.54, 1.807) is 24.3 Å². The van der Waals surface area contributed by atoms with Crippen LogP contribution in [-0.2, 0) is 30.5 Å². The summed E-state index contributed by atoms with van der Waals surface area (Å²) in [5.41, 5.74) is 3.56. The van der Waals surface area contributed by atoms with Crippen LogP contribution in [0.5, 0.6) is 0 Å². The highest BCUT2D eigenvalue weighted by atomic mass is 19.1. The Labute approximate surface area is 184 Å². The fourth-order valence-corrected chi connectivity index (χ4v) is 4.61. The molecule has 0 radical (unpaired) electrons. The topological polar surface area (TPSA) is 72.5 Å². The minimum Gasteiger partial charge on any atom is -0.461 e. The Bertz CT molecular complexity index is 1400. The molecule has 0 atom stereocenters. The van der Waals surface area contributed by atoms with Crippen LogP contribution in [-0.4, -0.2) is 12.5 Å². The number of rotatable bonds is 5. The van der Waals surface area contributed by atoms with Crippen molar-refractivity contribution >= 4 is 27.8 Å². The first-order valence-electron chi connectivity index (χ1n) is 11.0. The number of benzene rings is 2. The van der Waals surface area contributed by atoms with Crippen LogP contribution in [0.25, 0.3) is 21.9 Å². The van der Waals surface area contributed by atoms with Gasteiger partial charge in [0.2, 0.25) is 5.91 Å². The Kier molecular flexibility index (Phi) is 5.29. The second-order valence-electron chi connectivity index (χ2n) is 8.42. The molecule has 0 fully saturated rings. The molecule has 2 aromatic heterocycles. The number of carbonyl (C=O) groups excluding carboxylic acids is 1.